The van der Waals surface area contributed by atoms with E-state index in [4.69, 9.17) is 10.8 Å². The molecule has 1 fully saturated rings. The first-order chi connectivity index (χ1) is 7.98. The quantitative estimate of drug-likeness (QED) is 0.530. The van der Waals surface area contributed by atoms with Gasteiger partial charge in [0.05, 0.1) is 6.61 Å². The Balaban J connectivity index is 2.30. The second-order valence-electron chi connectivity index (χ2n) is 5.33. The van der Waals surface area contributed by atoms with Crippen molar-refractivity contribution in [3.8, 4) is 0 Å². The SMILES string of the molecule is CC(O)(CO)CNC(=O)C1CCC(CN)CC1. The molecule has 0 radical (unpaired) electrons. The summed E-state index contributed by atoms with van der Waals surface area (Å²) in [5.41, 5.74) is 4.37. The minimum atomic E-state index is -1.23. The first-order valence-electron chi connectivity index (χ1n) is 6.29. The predicted molar refractivity (Wildman–Crippen MR) is 65.2 cm³/mol. The van der Waals surface area contributed by atoms with Gasteiger partial charge in [-0.15, -0.1) is 0 Å². The summed E-state index contributed by atoms with van der Waals surface area (Å²) in [6, 6.07) is 0. The van der Waals surface area contributed by atoms with E-state index in [9.17, 15) is 9.90 Å². The fourth-order valence-electron chi connectivity index (χ4n) is 2.14. The normalized spacial score (nSPS) is 28.5. The number of amides is 1. The summed E-state index contributed by atoms with van der Waals surface area (Å²) in [6.45, 7) is 1.94. The monoisotopic (exact) mass is 244 g/mol. The van der Waals surface area contributed by atoms with Crippen molar-refractivity contribution in [1.29, 1.82) is 0 Å². The summed E-state index contributed by atoms with van der Waals surface area (Å²) in [6.07, 6.45) is 3.75. The Hall–Kier alpha value is -0.650. The third-order valence-electron chi connectivity index (χ3n) is 3.53. The molecule has 0 heterocycles. The molecule has 0 bridgehead atoms. The number of hydrogen-bond donors (Lipinski definition) is 4. The van der Waals surface area contributed by atoms with Crippen molar-refractivity contribution in [3.05, 3.63) is 0 Å². The summed E-state index contributed by atoms with van der Waals surface area (Å²) in [4.78, 5) is 11.8. The van der Waals surface area contributed by atoms with Crippen molar-refractivity contribution in [1.82, 2.24) is 5.32 Å². The van der Waals surface area contributed by atoms with Crippen LogP contribution in [0.3, 0.4) is 0 Å². The third-order valence-corrected chi connectivity index (χ3v) is 3.53. The average molecular weight is 244 g/mol. The molecular formula is C12H24N2O3. The van der Waals surface area contributed by atoms with Gasteiger partial charge in [-0.1, -0.05) is 0 Å². The Labute approximate surface area is 102 Å². The molecule has 5 heteroatoms. The molecule has 0 spiro atoms. The molecule has 0 saturated heterocycles. The lowest BCUT2D eigenvalue weighted by Crippen LogP contribution is -2.45. The van der Waals surface area contributed by atoms with Gasteiger partial charge in [-0.3, -0.25) is 4.79 Å². The molecule has 0 aliphatic heterocycles. The maximum absolute atomic E-state index is 11.8. The van der Waals surface area contributed by atoms with Crippen LogP contribution in [-0.2, 0) is 4.79 Å². The zero-order chi connectivity index (χ0) is 12.9. The van der Waals surface area contributed by atoms with Gasteiger partial charge in [-0.25, -0.2) is 0 Å². The van der Waals surface area contributed by atoms with E-state index in [0.29, 0.717) is 12.5 Å². The van der Waals surface area contributed by atoms with E-state index in [1.54, 1.807) is 0 Å². The molecule has 1 rings (SSSR count). The molecule has 1 amide bonds. The highest BCUT2D eigenvalue weighted by atomic mass is 16.3. The van der Waals surface area contributed by atoms with E-state index in [1.165, 1.54) is 6.92 Å². The van der Waals surface area contributed by atoms with E-state index in [2.05, 4.69) is 5.32 Å². The van der Waals surface area contributed by atoms with Gasteiger partial charge in [-0.2, -0.15) is 0 Å². The second kappa shape index (κ2) is 6.33. The number of nitrogens with one attached hydrogen (secondary N) is 1. The number of aliphatic hydroxyl groups excluding tert-OH is 1. The van der Waals surface area contributed by atoms with Crippen LogP contribution in [0.4, 0.5) is 0 Å². The Kier molecular flexibility index (Phi) is 5.36. The number of hydrogen-bond acceptors (Lipinski definition) is 4. The molecule has 0 aromatic heterocycles. The lowest BCUT2D eigenvalue weighted by molar-refractivity contribution is -0.127. The summed E-state index contributed by atoms with van der Waals surface area (Å²) in [5, 5.41) is 21.1. The summed E-state index contributed by atoms with van der Waals surface area (Å²) < 4.78 is 0. The molecular weight excluding hydrogens is 220 g/mol. The summed E-state index contributed by atoms with van der Waals surface area (Å²) in [5.74, 6) is 0.570. The van der Waals surface area contributed by atoms with Gasteiger partial charge in [0.1, 0.15) is 5.60 Å². The van der Waals surface area contributed by atoms with Crippen molar-refractivity contribution >= 4 is 5.91 Å². The maximum atomic E-state index is 11.8. The molecule has 0 aromatic rings. The standard InChI is InChI=1S/C12H24N2O3/c1-12(17,8-15)7-14-11(16)10-4-2-9(6-13)3-5-10/h9-10,15,17H,2-8,13H2,1H3,(H,14,16). The van der Waals surface area contributed by atoms with Crippen LogP contribution in [0.2, 0.25) is 0 Å². The molecule has 0 aromatic carbocycles. The Morgan fingerprint density at radius 2 is 2.00 bits per heavy atom. The largest absolute Gasteiger partial charge is 0.393 e. The minimum absolute atomic E-state index is 0.0193. The topological polar surface area (TPSA) is 95.6 Å². The fourth-order valence-corrected chi connectivity index (χ4v) is 2.14. The van der Waals surface area contributed by atoms with Crippen LogP contribution in [-0.4, -0.2) is 41.4 Å². The lowest BCUT2D eigenvalue weighted by atomic mass is 9.81. The first kappa shape index (κ1) is 14.4. The van der Waals surface area contributed by atoms with Crippen LogP contribution in [0.1, 0.15) is 32.6 Å². The molecule has 1 atom stereocenters. The van der Waals surface area contributed by atoms with E-state index < -0.39 is 5.60 Å². The van der Waals surface area contributed by atoms with E-state index in [-0.39, 0.29) is 25.0 Å². The summed E-state index contributed by atoms with van der Waals surface area (Å²) >= 11 is 0. The van der Waals surface area contributed by atoms with Crippen LogP contribution in [0, 0.1) is 11.8 Å². The van der Waals surface area contributed by atoms with Crippen LogP contribution in [0.5, 0.6) is 0 Å². The lowest BCUT2D eigenvalue weighted by Gasteiger charge is -2.28. The van der Waals surface area contributed by atoms with Crippen molar-refractivity contribution in [2.75, 3.05) is 19.7 Å². The highest BCUT2D eigenvalue weighted by Crippen LogP contribution is 2.28. The number of rotatable bonds is 5. The molecule has 1 saturated carbocycles. The number of nitrogens with two attached hydrogens (primary N) is 1. The maximum Gasteiger partial charge on any atom is 0.223 e. The number of carbonyl (C=O) groups is 1. The molecule has 17 heavy (non-hydrogen) atoms. The van der Waals surface area contributed by atoms with Crippen LogP contribution in [0.15, 0.2) is 0 Å². The highest BCUT2D eigenvalue weighted by molar-refractivity contribution is 5.78. The van der Waals surface area contributed by atoms with Crippen molar-refractivity contribution in [2.24, 2.45) is 17.6 Å². The van der Waals surface area contributed by atoms with Crippen molar-refractivity contribution in [2.45, 2.75) is 38.2 Å². The van der Waals surface area contributed by atoms with Crippen molar-refractivity contribution in [3.63, 3.8) is 0 Å². The molecule has 5 nitrogen and oxygen atoms in total. The highest BCUT2D eigenvalue weighted by Gasteiger charge is 2.27. The third kappa shape index (κ3) is 4.61. The average Bonchev–Trinajstić information content (AvgIpc) is 2.36. The van der Waals surface area contributed by atoms with Crippen LogP contribution >= 0.6 is 0 Å². The van der Waals surface area contributed by atoms with Gasteiger partial charge >= 0.3 is 0 Å². The van der Waals surface area contributed by atoms with E-state index in [0.717, 1.165) is 25.7 Å². The zero-order valence-corrected chi connectivity index (χ0v) is 10.5. The molecule has 1 aliphatic carbocycles. The second-order valence-corrected chi connectivity index (χ2v) is 5.33. The molecule has 1 aliphatic rings. The zero-order valence-electron chi connectivity index (χ0n) is 10.5. The number of carbonyl (C=O) groups excluding carboxylic acids is 1. The van der Waals surface area contributed by atoms with Gasteiger partial charge in [-0.05, 0) is 45.1 Å². The van der Waals surface area contributed by atoms with Crippen LogP contribution < -0.4 is 11.1 Å². The molecule has 1 unspecified atom stereocenters. The smallest absolute Gasteiger partial charge is 0.223 e. The Morgan fingerprint density at radius 3 is 2.47 bits per heavy atom. The van der Waals surface area contributed by atoms with Crippen molar-refractivity contribution < 1.29 is 15.0 Å². The predicted octanol–water partition coefficient (Wildman–Crippen LogP) is -0.389. The Bertz CT molecular complexity index is 248. The van der Waals surface area contributed by atoms with Crippen LogP contribution in [0.25, 0.3) is 0 Å². The van der Waals surface area contributed by atoms with E-state index in [1.807, 2.05) is 0 Å². The summed E-state index contributed by atoms with van der Waals surface area (Å²) in [7, 11) is 0. The van der Waals surface area contributed by atoms with Gasteiger partial charge < -0.3 is 21.3 Å². The minimum Gasteiger partial charge on any atom is -0.393 e. The first-order valence-corrected chi connectivity index (χ1v) is 6.29. The van der Waals surface area contributed by atoms with Gasteiger partial charge in [0.2, 0.25) is 5.91 Å². The molecule has 5 N–H and O–H groups in total. The van der Waals surface area contributed by atoms with E-state index >= 15 is 0 Å². The number of aliphatic hydroxyl groups is 2. The Morgan fingerprint density at radius 1 is 1.41 bits per heavy atom. The van der Waals surface area contributed by atoms with Gasteiger partial charge in [0, 0.05) is 12.5 Å². The fraction of sp³-hybridized carbons (Fsp3) is 0.917. The van der Waals surface area contributed by atoms with Gasteiger partial charge in [0.15, 0.2) is 0 Å². The van der Waals surface area contributed by atoms with Gasteiger partial charge in [0.25, 0.3) is 0 Å². The molecule has 100 valence electrons.